The van der Waals surface area contributed by atoms with Crippen molar-refractivity contribution in [1.29, 1.82) is 0 Å². The van der Waals surface area contributed by atoms with E-state index in [1.165, 1.54) is 28.3 Å². The SMILES string of the molecule is CC(NC(=O)C1CCN(S(=O)(=O)Cc2c(Cl)cccc2Cl)CC1)c1ccc2c(c1)CCCC2. The number of fused-ring (bicyclic) bond motifs is 1. The molecule has 2 aromatic rings. The zero-order valence-electron chi connectivity index (χ0n) is 18.8. The molecule has 178 valence electrons. The molecule has 1 atom stereocenters. The van der Waals surface area contributed by atoms with Crippen molar-refractivity contribution in [3.8, 4) is 0 Å². The van der Waals surface area contributed by atoms with E-state index in [4.69, 9.17) is 23.2 Å². The fraction of sp³-hybridized carbons (Fsp3) is 0.480. The summed E-state index contributed by atoms with van der Waals surface area (Å²) in [6.07, 6.45) is 5.72. The van der Waals surface area contributed by atoms with Gasteiger partial charge in [-0.3, -0.25) is 4.79 Å². The summed E-state index contributed by atoms with van der Waals surface area (Å²) in [5.41, 5.74) is 4.37. The topological polar surface area (TPSA) is 66.5 Å². The zero-order valence-corrected chi connectivity index (χ0v) is 21.1. The summed E-state index contributed by atoms with van der Waals surface area (Å²) in [5.74, 6) is -0.440. The van der Waals surface area contributed by atoms with Crippen LogP contribution in [0.5, 0.6) is 0 Å². The predicted molar refractivity (Wildman–Crippen MR) is 133 cm³/mol. The lowest BCUT2D eigenvalue weighted by molar-refractivity contribution is -0.126. The smallest absolute Gasteiger partial charge is 0.223 e. The molecule has 0 bridgehead atoms. The minimum Gasteiger partial charge on any atom is -0.349 e. The molecule has 1 N–H and O–H groups in total. The van der Waals surface area contributed by atoms with Gasteiger partial charge in [0.2, 0.25) is 15.9 Å². The van der Waals surface area contributed by atoms with Crippen LogP contribution in [-0.2, 0) is 33.4 Å². The number of hydrogen-bond acceptors (Lipinski definition) is 3. The maximum Gasteiger partial charge on any atom is 0.223 e. The Balaban J connectivity index is 1.33. The fourth-order valence-corrected chi connectivity index (χ4v) is 7.09. The molecule has 0 radical (unpaired) electrons. The molecule has 1 fully saturated rings. The van der Waals surface area contributed by atoms with Crippen LogP contribution in [0.1, 0.15) is 60.9 Å². The van der Waals surface area contributed by atoms with E-state index in [1.807, 2.05) is 6.92 Å². The number of nitrogens with zero attached hydrogens (tertiary/aromatic N) is 1. The van der Waals surface area contributed by atoms with Crippen LogP contribution in [0.25, 0.3) is 0 Å². The van der Waals surface area contributed by atoms with Gasteiger partial charge in [0.1, 0.15) is 0 Å². The highest BCUT2D eigenvalue weighted by Gasteiger charge is 2.32. The fourth-order valence-electron chi connectivity index (χ4n) is 4.78. The van der Waals surface area contributed by atoms with Gasteiger partial charge in [-0.25, -0.2) is 12.7 Å². The van der Waals surface area contributed by atoms with E-state index >= 15 is 0 Å². The Bertz CT molecular complexity index is 1110. The van der Waals surface area contributed by atoms with E-state index in [-0.39, 0.29) is 23.6 Å². The quantitative estimate of drug-likeness (QED) is 0.576. The maximum absolute atomic E-state index is 12.9. The number of hydrogen-bond donors (Lipinski definition) is 1. The molecule has 0 saturated carbocycles. The summed E-state index contributed by atoms with van der Waals surface area (Å²) in [6.45, 7) is 2.64. The van der Waals surface area contributed by atoms with Crippen LogP contribution >= 0.6 is 23.2 Å². The van der Waals surface area contributed by atoms with Crippen LogP contribution in [0.2, 0.25) is 10.0 Å². The lowest BCUT2D eigenvalue weighted by Crippen LogP contribution is -2.43. The first-order chi connectivity index (χ1) is 15.7. The number of benzene rings is 2. The number of halogens is 2. The molecule has 5 nitrogen and oxygen atoms in total. The Morgan fingerprint density at radius 3 is 2.36 bits per heavy atom. The second kappa shape index (κ2) is 10.3. The summed E-state index contributed by atoms with van der Waals surface area (Å²) in [5, 5.41) is 3.83. The number of aryl methyl sites for hydroxylation is 2. The van der Waals surface area contributed by atoms with Crippen molar-refractivity contribution in [2.75, 3.05) is 13.1 Å². The van der Waals surface area contributed by atoms with Gasteiger partial charge >= 0.3 is 0 Å². The molecule has 0 aromatic heterocycles. The molecule has 1 amide bonds. The van der Waals surface area contributed by atoms with Crippen LogP contribution in [0.15, 0.2) is 36.4 Å². The lowest BCUT2D eigenvalue weighted by Gasteiger charge is -2.31. The van der Waals surface area contributed by atoms with Crippen LogP contribution in [-0.4, -0.2) is 31.7 Å². The third-order valence-corrected chi connectivity index (χ3v) is 9.35. The lowest BCUT2D eigenvalue weighted by atomic mass is 9.89. The second-order valence-electron chi connectivity index (χ2n) is 9.10. The Kier molecular flexibility index (Phi) is 7.69. The Morgan fingerprint density at radius 2 is 1.70 bits per heavy atom. The van der Waals surface area contributed by atoms with E-state index in [0.29, 0.717) is 41.5 Å². The van der Waals surface area contributed by atoms with E-state index in [0.717, 1.165) is 18.4 Å². The van der Waals surface area contributed by atoms with Gasteiger partial charge in [-0.15, -0.1) is 0 Å². The first-order valence-electron chi connectivity index (χ1n) is 11.6. The summed E-state index contributed by atoms with van der Waals surface area (Å²) >= 11 is 12.3. The molecule has 4 rings (SSSR count). The van der Waals surface area contributed by atoms with Gasteiger partial charge < -0.3 is 5.32 Å². The third kappa shape index (κ3) is 5.73. The first kappa shape index (κ1) is 24.5. The molecule has 1 unspecified atom stereocenters. The second-order valence-corrected chi connectivity index (χ2v) is 11.9. The van der Waals surface area contributed by atoms with Crippen molar-refractivity contribution >= 4 is 39.1 Å². The summed E-state index contributed by atoms with van der Waals surface area (Å²) < 4.78 is 27.3. The Morgan fingerprint density at radius 1 is 1.06 bits per heavy atom. The molecule has 2 aliphatic rings. The highest BCUT2D eigenvalue weighted by molar-refractivity contribution is 7.88. The first-order valence-corrected chi connectivity index (χ1v) is 13.9. The van der Waals surface area contributed by atoms with Crippen molar-refractivity contribution in [3.63, 3.8) is 0 Å². The molecule has 8 heteroatoms. The van der Waals surface area contributed by atoms with Gasteiger partial charge in [0.05, 0.1) is 11.8 Å². The summed E-state index contributed by atoms with van der Waals surface area (Å²) in [7, 11) is -3.57. The normalized spacial score (nSPS) is 18.5. The molecule has 1 heterocycles. The van der Waals surface area contributed by atoms with Crippen LogP contribution in [0.3, 0.4) is 0 Å². The number of nitrogens with one attached hydrogen (secondary N) is 1. The van der Waals surface area contributed by atoms with E-state index in [2.05, 4.69) is 23.5 Å². The number of carbonyl (C=O) groups is 1. The van der Waals surface area contributed by atoms with Crippen molar-refractivity contribution in [1.82, 2.24) is 9.62 Å². The Hall–Kier alpha value is -1.60. The van der Waals surface area contributed by atoms with Crippen LogP contribution in [0.4, 0.5) is 0 Å². The average Bonchev–Trinajstić information content (AvgIpc) is 2.81. The third-order valence-electron chi connectivity index (χ3n) is 6.84. The van der Waals surface area contributed by atoms with E-state index in [1.54, 1.807) is 18.2 Å². The minimum atomic E-state index is -3.57. The highest BCUT2D eigenvalue weighted by Crippen LogP contribution is 2.29. The van der Waals surface area contributed by atoms with Gasteiger partial charge in [-0.2, -0.15) is 0 Å². The van der Waals surface area contributed by atoms with Gasteiger partial charge in [0.25, 0.3) is 0 Å². The highest BCUT2D eigenvalue weighted by atomic mass is 35.5. The molecular weight excluding hydrogens is 479 g/mol. The van der Waals surface area contributed by atoms with E-state index in [9.17, 15) is 13.2 Å². The largest absolute Gasteiger partial charge is 0.349 e. The molecule has 1 aliphatic carbocycles. The molecule has 33 heavy (non-hydrogen) atoms. The maximum atomic E-state index is 12.9. The van der Waals surface area contributed by atoms with Crippen molar-refractivity contribution in [2.24, 2.45) is 5.92 Å². The predicted octanol–water partition coefficient (Wildman–Crippen LogP) is 5.29. The molecular formula is C25H30Cl2N2O3S. The van der Waals surface area contributed by atoms with Crippen molar-refractivity contribution in [3.05, 3.63) is 68.7 Å². The van der Waals surface area contributed by atoms with Crippen LogP contribution in [0, 0.1) is 5.92 Å². The van der Waals surface area contributed by atoms with E-state index < -0.39 is 10.0 Å². The molecule has 1 aliphatic heterocycles. The number of amides is 1. The number of sulfonamides is 1. The summed E-state index contributed by atoms with van der Waals surface area (Å²) in [4.78, 5) is 12.9. The summed E-state index contributed by atoms with van der Waals surface area (Å²) in [6, 6.07) is 11.4. The van der Waals surface area contributed by atoms with Gasteiger partial charge in [0, 0.05) is 34.6 Å². The zero-order chi connectivity index (χ0) is 23.6. The monoisotopic (exact) mass is 508 g/mol. The standard InChI is InChI=1S/C25H30Cl2N2O3S/c1-17(20-10-9-18-5-2-3-6-21(18)15-20)28-25(30)19-11-13-29(14-12-19)33(31,32)16-22-23(26)7-4-8-24(22)27/h4,7-10,15,17,19H,2-3,5-6,11-14,16H2,1H3,(H,28,30). The van der Waals surface area contributed by atoms with Gasteiger partial charge in [-0.05, 0) is 74.3 Å². The molecule has 0 spiro atoms. The molecule has 2 aromatic carbocycles. The van der Waals surface area contributed by atoms with Gasteiger partial charge in [0.15, 0.2) is 0 Å². The number of rotatable bonds is 6. The Labute approximate surface area is 206 Å². The molecule has 1 saturated heterocycles. The van der Waals surface area contributed by atoms with Crippen LogP contribution < -0.4 is 5.32 Å². The van der Waals surface area contributed by atoms with Crippen molar-refractivity contribution < 1.29 is 13.2 Å². The van der Waals surface area contributed by atoms with Crippen molar-refractivity contribution in [2.45, 2.75) is 57.2 Å². The average molecular weight is 509 g/mol. The minimum absolute atomic E-state index is 0.00795. The number of piperidine rings is 1. The van der Waals surface area contributed by atoms with Gasteiger partial charge in [-0.1, -0.05) is 47.5 Å². The number of carbonyl (C=O) groups excluding carboxylic acids is 1.